The van der Waals surface area contributed by atoms with E-state index in [4.69, 9.17) is 0 Å². The number of fused-ring (bicyclic) bond motifs is 1. The summed E-state index contributed by atoms with van der Waals surface area (Å²) in [6.45, 7) is 0. The van der Waals surface area contributed by atoms with Crippen LogP contribution in [-0.4, -0.2) is 0 Å². The molecule has 80 valence electrons. The molecule has 0 bridgehead atoms. The summed E-state index contributed by atoms with van der Waals surface area (Å²) in [5.74, 6) is 0. The van der Waals surface area contributed by atoms with Crippen LogP contribution < -0.4 is 10.4 Å². The van der Waals surface area contributed by atoms with Crippen molar-refractivity contribution in [2.45, 2.75) is 0 Å². The SMILES string of the molecule is C1=C[CH+]c2ccc/c(=C\c3ccccc3)c2=C1. The zero-order chi connectivity index (χ0) is 11.5. The standard InChI is InChI=1S/C17H13/c1-2-7-14(8-3-1)13-16-11-6-10-15-9-4-5-12-17(15)16/h1-13H/q+1/b16-13+. The van der Waals surface area contributed by atoms with E-state index in [2.05, 4.69) is 73.2 Å². The van der Waals surface area contributed by atoms with Crippen molar-refractivity contribution in [1.82, 2.24) is 0 Å². The molecule has 2 aromatic rings. The lowest BCUT2D eigenvalue weighted by molar-refractivity contribution is 1.39. The summed E-state index contributed by atoms with van der Waals surface area (Å²) < 4.78 is 0. The number of benzene rings is 2. The van der Waals surface area contributed by atoms with E-state index < -0.39 is 0 Å². The van der Waals surface area contributed by atoms with E-state index in [1.165, 1.54) is 21.6 Å². The molecule has 0 atom stereocenters. The first kappa shape index (κ1) is 9.98. The van der Waals surface area contributed by atoms with Crippen LogP contribution in [0.15, 0.2) is 60.7 Å². The van der Waals surface area contributed by atoms with Crippen LogP contribution in [0.3, 0.4) is 0 Å². The van der Waals surface area contributed by atoms with Crippen molar-refractivity contribution in [2.24, 2.45) is 0 Å². The second-order valence-electron chi connectivity index (χ2n) is 4.12. The minimum atomic E-state index is 1.24. The lowest BCUT2D eigenvalue weighted by Gasteiger charge is -1.97. The van der Waals surface area contributed by atoms with Gasteiger partial charge in [0.1, 0.15) is 5.56 Å². The normalized spacial score (nSPS) is 13.8. The van der Waals surface area contributed by atoms with Gasteiger partial charge in [0.25, 0.3) is 0 Å². The fraction of sp³-hybridized carbons (Fsp3) is 0. The van der Waals surface area contributed by atoms with Gasteiger partial charge in [-0.05, 0) is 23.8 Å². The molecule has 0 aromatic heterocycles. The molecule has 0 unspecified atom stereocenters. The molecule has 0 heteroatoms. The summed E-state index contributed by atoms with van der Waals surface area (Å²) in [7, 11) is 0. The van der Waals surface area contributed by atoms with Gasteiger partial charge in [0.2, 0.25) is 0 Å². The molecule has 0 N–H and O–H groups in total. The first-order valence-corrected chi connectivity index (χ1v) is 5.81. The van der Waals surface area contributed by atoms with Crippen LogP contribution >= 0.6 is 0 Å². The lowest BCUT2D eigenvalue weighted by atomic mass is 10.0. The van der Waals surface area contributed by atoms with E-state index in [9.17, 15) is 0 Å². The van der Waals surface area contributed by atoms with Crippen molar-refractivity contribution in [1.29, 1.82) is 0 Å². The minimum Gasteiger partial charge on any atom is -0.0622 e. The first-order chi connectivity index (χ1) is 8.43. The van der Waals surface area contributed by atoms with Gasteiger partial charge in [-0.3, -0.25) is 0 Å². The number of allylic oxidation sites excluding steroid dienone is 2. The molecule has 0 amide bonds. The molecule has 0 saturated heterocycles. The zero-order valence-corrected chi connectivity index (χ0v) is 9.51. The Hall–Kier alpha value is -2.21. The average molecular weight is 217 g/mol. The Morgan fingerprint density at radius 3 is 2.65 bits per heavy atom. The highest BCUT2D eigenvalue weighted by molar-refractivity contribution is 5.55. The van der Waals surface area contributed by atoms with E-state index >= 15 is 0 Å². The minimum absolute atomic E-state index is 1.24. The summed E-state index contributed by atoms with van der Waals surface area (Å²) in [6.07, 6.45) is 10.7. The maximum absolute atomic E-state index is 2.22. The fourth-order valence-electron chi connectivity index (χ4n) is 2.11. The van der Waals surface area contributed by atoms with E-state index in [0.29, 0.717) is 0 Å². The van der Waals surface area contributed by atoms with Gasteiger partial charge in [-0.25, -0.2) is 0 Å². The Morgan fingerprint density at radius 1 is 0.882 bits per heavy atom. The quantitative estimate of drug-likeness (QED) is 0.644. The highest BCUT2D eigenvalue weighted by Crippen LogP contribution is 2.01. The van der Waals surface area contributed by atoms with Gasteiger partial charge in [-0.2, -0.15) is 0 Å². The largest absolute Gasteiger partial charge is 0.104 e. The van der Waals surface area contributed by atoms with Gasteiger partial charge in [-0.1, -0.05) is 30.3 Å². The van der Waals surface area contributed by atoms with E-state index in [1.54, 1.807) is 0 Å². The van der Waals surface area contributed by atoms with Crippen LogP contribution in [-0.2, 0) is 0 Å². The maximum atomic E-state index is 2.22. The molecule has 0 radical (unpaired) electrons. The molecule has 0 fully saturated rings. The Bertz CT molecular complexity index is 661. The van der Waals surface area contributed by atoms with Crippen LogP contribution in [0.1, 0.15) is 11.1 Å². The summed E-state index contributed by atoms with van der Waals surface area (Å²) in [5, 5.41) is 2.58. The summed E-state index contributed by atoms with van der Waals surface area (Å²) in [6, 6.07) is 16.8. The molecular weight excluding hydrogens is 204 g/mol. The van der Waals surface area contributed by atoms with E-state index in [0.717, 1.165) is 0 Å². The summed E-state index contributed by atoms with van der Waals surface area (Å²) in [5.41, 5.74) is 2.53. The Kier molecular flexibility index (Phi) is 2.55. The topological polar surface area (TPSA) is 0 Å². The Balaban J connectivity index is 2.24. The highest BCUT2D eigenvalue weighted by atomic mass is 14.0. The summed E-state index contributed by atoms with van der Waals surface area (Å²) >= 11 is 0. The van der Waals surface area contributed by atoms with Crippen molar-refractivity contribution in [3.8, 4) is 0 Å². The fourth-order valence-corrected chi connectivity index (χ4v) is 2.11. The molecule has 0 saturated carbocycles. The van der Waals surface area contributed by atoms with Gasteiger partial charge >= 0.3 is 0 Å². The lowest BCUT2D eigenvalue weighted by Crippen LogP contribution is -2.28. The molecule has 0 nitrogen and oxygen atoms in total. The highest BCUT2D eigenvalue weighted by Gasteiger charge is 2.05. The summed E-state index contributed by atoms with van der Waals surface area (Å²) in [4.78, 5) is 0. The van der Waals surface area contributed by atoms with Crippen LogP contribution in [0, 0.1) is 6.42 Å². The molecule has 2 aromatic carbocycles. The molecule has 1 aliphatic rings. The van der Waals surface area contributed by atoms with Crippen molar-refractivity contribution >= 4 is 12.2 Å². The van der Waals surface area contributed by atoms with Gasteiger partial charge < -0.3 is 0 Å². The third kappa shape index (κ3) is 2.02. The third-order valence-electron chi connectivity index (χ3n) is 2.95. The molecular formula is C17H13+. The smallest absolute Gasteiger partial charge is 0.0622 e. The predicted molar refractivity (Wildman–Crippen MR) is 72.7 cm³/mol. The predicted octanol–water partition coefficient (Wildman–Crippen LogP) is 2.42. The number of rotatable bonds is 1. The van der Waals surface area contributed by atoms with Crippen LogP contribution in [0.5, 0.6) is 0 Å². The Labute approximate surface area is 101 Å². The molecule has 3 rings (SSSR count). The number of hydrogen-bond donors (Lipinski definition) is 0. The van der Waals surface area contributed by atoms with Gasteiger partial charge in [0, 0.05) is 35.9 Å². The molecule has 17 heavy (non-hydrogen) atoms. The van der Waals surface area contributed by atoms with Crippen LogP contribution in [0.25, 0.3) is 12.2 Å². The first-order valence-electron chi connectivity index (χ1n) is 5.81. The van der Waals surface area contributed by atoms with E-state index in [-0.39, 0.29) is 0 Å². The van der Waals surface area contributed by atoms with Crippen molar-refractivity contribution in [2.75, 3.05) is 0 Å². The van der Waals surface area contributed by atoms with Crippen molar-refractivity contribution in [3.63, 3.8) is 0 Å². The number of hydrogen-bond acceptors (Lipinski definition) is 0. The molecule has 0 spiro atoms. The molecule has 0 aliphatic heterocycles. The zero-order valence-electron chi connectivity index (χ0n) is 9.51. The third-order valence-corrected chi connectivity index (χ3v) is 2.95. The maximum Gasteiger partial charge on any atom is 0.104 e. The van der Waals surface area contributed by atoms with Gasteiger partial charge in [0.15, 0.2) is 0 Å². The van der Waals surface area contributed by atoms with Crippen LogP contribution in [0.4, 0.5) is 0 Å². The van der Waals surface area contributed by atoms with Crippen molar-refractivity contribution in [3.05, 3.63) is 88.7 Å². The Morgan fingerprint density at radius 2 is 1.76 bits per heavy atom. The van der Waals surface area contributed by atoms with E-state index in [1.807, 2.05) is 6.07 Å². The molecule has 1 aliphatic carbocycles. The monoisotopic (exact) mass is 217 g/mol. The van der Waals surface area contributed by atoms with Gasteiger partial charge in [0.05, 0.1) is 5.22 Å². The van der Waals surface area contributed by atoms with Crippen LogP contribution in [0.2, 0.25) is 0 Å². The second-order valence-corrected chi connectivity index (χ2v) is 4.12. The average Bonchev–Trinajstić information content (AvgIpc) is 2.40. The van der Waals surface area contributed by atoms with Gasteiger partial charge in [-0.15, -0.1) is 0 Å². The molecule has 0 heterocycles. The second kappa shape index (κ2) is 4.34. The van der Waals surface area contributed by atoms with Crippen molar-refractivity contribution < 1.29 is 0 Å².